The van der Waals surface area contributed by atoms with Gasteiger partial charge < -0.3 is 21.3 Å². The van der Waals surface area contributed by atoms with Gasteiger partial charge >= 0.3 is 11.9 Å². The Morgan fingerprint density at radius 3 is 2.32 bits per heavy atom. The Bertz CT molecular complexity index is 466. The van der Waals surface area contributed by atoms with Gasteiger partial charge in [0.1, 0.15) is 12.6 Å². The van der Waals surface area contributed by atoms with E-state index >= 15 is 0 Å². The number of carboxylic acids is 1. The molecule has 5 N–H and O–H groups in total. The second-order valence-electron chi connectivity index (χ2n) is 5.84. The molecule has 0 aromatic heterocycles. The molecule has 142 valence electrons. The van der Waals surface area contributed by atoms with E-state index in [1.807, 2.05) is 30.3 Å². The second kappa shape index (κ2) is 15.6. The van der Waals surface area contributed by atoms with Crippen LogP contribution in [0.4, 0.5) is 0 Å². The zero-order chi connectivity index (χ0) is 18.9. The number of benzene rings is 1. The lowest BCUT2D eigenvalue weighted by atomic mass is 10.1. The molecule has 0 bridgehead atoms. The Hall–Kier alpha value is -1.92. The fraction of sp³-hybridized carbons (Fsp3) is 0.579. The number of aliphatic carboxylic acids is 1. The van der Waals surface area contributed by atoms with Gasteiger partial charge in [0.15, 0.2) is 0 Å². The number of unbranched alkanes of at least 4 members (excludes halogenated alkanes) is 4. The van der Waals surface area contributed by atoms with Gasteiger partial charge in [-0.2, -0.15) is 0 Å². The van der Waals surface area contributed by atoms with Gasteiger partial charge in [0.25, 0.3) is 0 Å². The summed E-state index contributed by atoms with van der Waals surface area (Å²) < 4.78 is 5.02. The van der Waals surface area contributed by atoms with Gasteiger partial charge in [-0.05, 0) is 24.9 Å². The van der Waals surface area contributed by atoms with E-state index in [1.165, 1.54) is 19.3 Å². The summed E-state index contributed by atoms with van der Waals surface area (Å²) in [6.07, 6.45) is 6.34. The molecular formula is C19H32N2O4. The summed E-state index contributed by atoms with van der Waals surface area (Å²) in [6.45, 7) is 2.80. The lowest BCUT2D eigenvalue weighted by molar-refractivity contribution is -0.146. The molecule has 0 amide bonds. The molecule has 25 heavy (non-hydrogen) atoms. The highest BCUT2D eigenvalue weighted by Gasteiger charge is 2.13. The largest absolute Gasteiger partial charge is 0.481 e. The molecule has 0 spiro atoms. The van der Waals surface area contributed by atoms with Crippen LogP contribution in [0.1, 0.15) is 57.4 Å². The molecule has 1 aromatic rings. The molecule has 0 aliphatic rings. The van der Waals surface area contributed by atoms with E-state index in [9.17, 15) is 9.59 Å². The van der Waals surface area contributed by atoms with Crippen molar-refractivity contribution in [3.63, 3.8) is 0 Å². The van der Waals surface area contributed by atoms with Crippen molar-refractivity contribution in [2.45, 2.75) is 64.5 Å². The third-order valence-electron chi connectivity index (χ3n) is 3.50. The number of hydrogen-bond donors (Lipinski definition) is 3. The lowest BCUT2D eigenvalue weighted by Gasteiger charge is -2.10. The van der Waals surface area contributed by atoms with Crippen molar-refractivity contribution in [2.75, 3.05) is 6.54 Å². The van der Waals surface area contributed by atoms with Crippen LogP contribution >= 0.6 is 0 Å². The van der Waals surface area contributed by atoms with Crippen molar-refractivity contribution in [2.24, 2.45) is 11.5 Å². The standard InChI is InChI=1S/C11H16N2O2.C8H16O2/c12-7-6-10(13)11(14)15-8-9-4-2-1-3-5-9;1-2-3-4-5-6-7-8(9)10/h1-5,10H,6-8,12-13H2;2-7H2,1H3,(H,9,10). The first-order valence-corrected chi connectivity index (χ1v) is 8.89. The van der Waals surface area contributed by atoms with Crippen molar-refractivity contribution in [1.29, 1.82) is 0 Å². The minimum atomic E-state index is -0.670. The molecule has 0 saturated heterocycles. The van der Waals surface area contributed by atoms with Crippen LogP contribution in [0.5, 0.6) is 0 Å². The molecular weight excluding hydrogens is 320 g/mol. The van der Waals surface area contributed by atoms with Gasteiger partial charge in [-0.3, -0.25) is 9.59 Å². The number of carbonyl (C=O) groups is 2. The van der Waals surface area contributed by atoms with E-state index in [2.05, 4.69) is 6.92 Å². The van der Waals surface area contributed by atoms with Gasteiger partial charge in [0.05, 0.1) is 0 Å². The summed E-state index contributed by atoms with van der Waals surface area (Å²) in [6, 6.07) is 8.86. The van der Waals surface area contributed by atoms with Crippen LogP contribution in [0.25, 0.3) is 0 Å². The van der Waals surface area contributed by atoms with E-state index in [4.69, 9.17) is 21.3 Å². The van der Waals surface area contributed by atoms with Crippen LogP contribution in [-0.2, 0) is 20.9 Å². The number of esters is 1. The molecule has 0 aliphatic heterocycles. The molecule has 0 fully saturated rings. The summed E-state index contributed by atoms with van der Waals surface area (Å²) in [5.41, 5.74) is 11.8. The number of nitrogens with two attached hydrogens (primary N) is 2. The zero-order valence-corrected chi connectivity index (χ0v) is 15.2. The highest BCUT2D eigenvalue weighted by molar-refractivity contribution is 5.75. The molecule has 6 heteroatoms. The topological polar surface area (TPSA) is 116 Å². The van der Waals surface area contributed by atoms with Crippen LogP contribution < -0.4 is 11.5 Å². The monoisotopic (exact) mass is 352 g/mol. The average molecular weight is 352 g/mol. The van der Waals surface area contributed by atoms with Crippen LogP contribution in [0.15, 0.2) is 30.3 Å². The molecule has 1 atom stereocenters. The van der Waals surface area contributed by atoms with Gasteiger partial charge in [0.2, 0.25) is 0 Å². The molecule has 6 nitrogen and oxygen atoms in total. The third kappa shape index (κ3) is 14.2. The van der Waals surface area contributed by atoms with E-state index in [0.29, 0.717) is 19.4 Å². The molecule has 1 rings (SSSR count). The SMILES string of the molecule is CCCCCCCC(=O)O.NCCC(N)C(=O)OCc1ccccc1. The van der Waals surface area contributed by atoms with Crippen LogP contribution in [0.2, 0.25) is 0 Å². The fourth-order valence-corrected chi connectivity index (χ4v) is 2.01. The first-order valence-electron chi connectivity index (χ1n) is 8.89. The smallest absolute Gasteiger partial charge is 0.323 e. The zero-order valence-electron chi connectivity index (χ0n) is 15.2. The van der Waals surface area contributed by atoms with E-state index in [-0.39, 0.29) is 6.61 Å². The summed E-state index contributed by atoms with van der Waals surface area (Å²) in [5.74, 6) is -1.07. The minimum Gasteiger partial charge on any atom is -0.481 e. The molecule has 1 aromatic carbocycles. The summed E-state index contributed by atoms with van der Waals surface area (Å²) in [4.78, 5) is 21.3. The highest BCUT2D eigenvalue weighted by atomic mass is 16.5. The Morgan fingerprint density at radius 2 is 1.76 bits per heavy atom. The second-order valence-corrected chi connectivity index (χ2v) is 5.84. The van der Waals surface area contributed by atoms with Gasteiger partial charge in [-0.1, -0.05) is 62.9 Å². The van der Waals surface area contributed by atoms with E-state index in [1.54, 1.807) is 0 Å². The number of ether oxygens (including phenoxy) is 1. The normalized spacial score (nSPS) is 11.2. The molecule has 0 heterocycles. The van der Waals surface area contributed by atoms with Crippen molar-refractivity contribution in [3.05, 3.63) is 35.9 Å². The Balaban J connectivity index is 0.000000504. The number of hydrogen-bond acceptors (Lipinski definition) is 5. The number of carbonyl (C=O) groups excluding carboxylic acids is 1. The van der Waals surface area contributed by atoms with Crippen molar-refractivity contribution in [3.8, 4) is 0 Å². The molecule has 0 aliphatic carbocycles. The average Bonchev–Trinajstić information content (AvgIpc) is 2.61. The summed E-state index contributed by atoms with van der Waals surface area (Å²) in [7, 11) is 0. The van der Waals surface area contributed by atoms with Gasteiger partial charge in [-0.15, -0.1) is 0 Å². The highest BCUT2D eigenvalue weighted by Crippen LogP contribution is 2.04. The van der Waals surface area contributed by atoms with E-state index in [0.717, 1.165) is 18.4 Å². The molecule has 0 radical (unpaired) electrons. The number of carboxylic acid groups (broad SMARTS) is 1. The molecule has 0 saturated carbocycles. The fourth-order valence-electron chi connectivity index (χ4n) is 2.01. The maximum atomic E-state index is 11.3. The van der Waals surface area contributed by atoms with E-state index < -0.39 is 18.0 Å². The first kappa shape index (κ1) is 23.1. The quantitative estimate of drug-likeness (QED) is 0.416. The summed E-state index contributed by atoms with van der Waals surface area (Å²) >= 11 is 0. The van der Waals surface area contributed by atoms with Crippen LogP contribution in [-0.4, -0.2) is 29.6 Å². The minimum absolute atomic E-state index is 0.262. The summed E-state index contributed by atoms with van der Waals surface area (Å²) in [5, 5.41) is 8.27. The van der Waals surface area contributed by atoms with Crippen molar-refractivity contribution >= 4 is 11.9 Å². The Morgan fingerprint density at radius 1 is 1.12 bits per heavy atom. The first-order chi connectivity index (χ1) is 12.0. The lowest BCUT2D eigenvalue weighted by Crippen LogP contribution is -2.34. The van der Waals surface area contributed by atoms with Crippen molar-refractivity contribution in [1.82, 2.24) is 0 Å². The van der Waals surface area contributed by atoms with Gasteiger partial charge in [0, 0.05) is 6.42 Å². The van der Waals surface area contributed by atoms with Crippen LogP contribution in [0.3, 0.4) is 0 Å². The predicted molar refractivity (Wildman–Crippen MR) is 98.9 cm³/mol. The molecule has 1 unspecified atom stereocenters. The van der Waals surface area contributed by atoms with Gasteiger partial charge in [-0.25, -0.2) is 0 Å². The maximum Gasteiger partial charge on any atom is 0.323 e. The maximum absolute atomic E-state index is 11.3. The van der Waals surface area contributed by atoms with Crippen molar-refractivity contribution < 1.29 is 19.4 Å². The Labute approximate surface area is 150 Å². The predicted octanol–water partition coefficient (Wildman–Crippen LogP) is 2.84. The third-order valence-corrected chi connectivity index (χ3v) is 3.50. The van der Waals surface area contributed by atoms with Crippen LogP contribution in [0, 0.1) is 0 Å². The Kier molecular flexibility index (Phi) is 14.4. The number of rotatable bonds is 11.